The lowest BCUT2D eigenvalue weighted by molar-refractivity contribution is -0.139. The molecule has 0 amide bonds. The number of aliphatic hydroxyl groups is 1. The average molecular weight is 559 g/mol. The lowest BCUT2D eigenvalue weighted by atomic mass is 9.80. The third-order valence-electron chi connectivity index (χ3n) is 7.11. The molecule has 1 aromatic heterocycles. The number of hydrogen-bond donors (Lipinski definition) is 3. The maximum atomic E-state index is 12.4. The number of benzene rings is 3. The van der Waals surface area contributed by atoms with Crippen LogP contribution in [0.3, 0.4) is 0 Å². The smallest absolute Gasteiger partial charge is 0.341 e. The molecule has 0 bridgehead atoms. The first kappa shape index (κ1) is 28.0. The van der Waals surface area contributed by atoms with Crippen molar-refractivity contribution in [3.05, 3.63) is 134 Å². The number of hydrogen-bond acceptors (Lipinski definition) is 7. The number of carboxylic acids is 1. The molecule has 1 aliphatic heterocycles. The lowest BCUT2D eigenvalue weighted by Crippen LogP contribution is -2.38. The molecular formula is C31H30N2O8. The molecule has 212 valence electrons. The Kier molecular flexibility index (Phi) is 8.16. The van der Waals surface area contributed by atoms with Crippen molar-refractivity contribution in [2.24, 2.45) is 0 Å². The first-order valence-electron chi connectivity index (χ1n) is 13.1. The van der Waals surface area contributed by atoms with Crippen LogP contribution in [-0.2, 0) is 19.9 Å². The highest BCUT2D eigenvalue weighted by molar-refractivity contribution is 5.68. The van der Waals surface area contributed by atoms with Gasteiger partial charge in [-0.25, -0.2) is 9.59 Å². The van der Waals surface area contributed by atoms with Gasteiger partial charge in [-0.15, -0.1) is 0 Å². The monoisotopic (exact) mass is 558 g/mol. The normalized spacial score (nSPS) is 18.7. The maximum absolute atomic E-state index is 12.4. The van der Waals surface area contributed by atoms with Gasteiger partial charge >= 0.3 is 11.7 Å². The van der Waals surface area contributed by atoms with E-state index in [1.807, 2.05) is 72.8 Å². The Morgan fingerprint density at radius 3 is 2.15 bits per heavy atom. The van der Waals surface area contributed by atoms with Gasteiger partial charge in [0.15, 0.2) is 6.61 Å². The van der Waals surface area contributed by atoms with Gasteiger partial charge in [-0.2, -0.15) is 0 Å². The molecule has 5 rings (SSSR count). The number of aliphatic carboxylic acids is 1. The van der Waals surface area contributed by atoms with Gasteiger partial charge in [0.2, 0.25) is 0 Å². The fourth-order valence-electron chi connectivity index (χ4n) is 5.07. The van der Waals surface area contributed by atoms with Crippen molar-refractivity contribution in [1.82, 2.24) is 9.55 Å². The summed E-state index contributed by atoms with van der Waals surface area (Å²) < 4.78 is 19.5. The lowest BCUT2D eigenvalue weighted by Gasteiger charge is -2.37. The fourth-order valence-corrected chi connectivity index (χ4v) is 5.07. The van der Waals surface area contributed by atoms with Crippen LogP contribution in [0.4, 0.5) is 0 Å². The van der Waals surface area contributed by atoms with Crippen molar-refractivity contribution in [2.75, 3.05) is 13.2 Å². The molecule has 2 heterocycles. The molecule has 0 radical (unpaired) electrons. The van der Waals surface area contributed by atoms with E-state index in [1.54, 1.807) is 19.1 Å². The van der Waals surface area contributed by atoms with Crippen molar-refractivity contribution < 1.29 is 29.2 Å². The topological polar surface area (TPSA) is 140 Å². The molecule has 0 unspecified atom stereocenters. The van der Waals surface area contributed by atoms with Gasteiger partial charge < -0.3 is 24.4 Å². The molecule has 3 aromatic carbocycles. The van der Waals surface area contributed by atoms with Crippen LogP contribution in [-0.4, -0.2) is 51.2 Å². The minimum atomic E-state index is -1.14. The van der Waals surface area contributed by atoms with Crippen molar-refractivity contribution >= 4 is 5.97 Å². The van der Waals surface area contributed by atoms with Crippen molar-refractivity contribution in [2.45, 2.75) is 37.4 Å². The number of nitrogens with one attached hydrogen (secondary N) is 1. The number of H-pyrrole nitrogens is 1. The second-order valence-corrected chi connectivity index (χ2v) is 9.84. The van der Waals surface area contributed by atoms with Crippen LogP contribution in [0.15, 0.2) is 101 Å². The SMILES string of the molecule is Cc1cn([C@@H]2C[C@H](O)[C@H](COC(c3ccccc3)(c3ccccc3)c3ccc(OCC(=O)O)cc3)O2)c(=O)[nH]c1=O. The third-order valence-corrected chi connectivity index (χ3v) is 7.11. The minimum Gasteiger partial charge on any atom is -0.482 e. The molecule has 10 nitrogen and oxygen atoms in total. The standard InChI is InChI=1S/C31H30N2O8/c1-20-17-33(30(38)32-29(20)37)27-16-25(34)26(41-27)18-40-31(21-8-4-2-5-9-21,22-10-6-3-7-11-22)23-12-14-24(15-13-23)39-19-28(35)36/h2-15,17,25-27,34H,16,18-19H2,1H3,(H,35,36)(H,32,37,38)/t25-,26-,27-/m0/s1. The number of aliphatic hydroxyl groups excluding tert-OH is 1. The highest BCUT2D eigenvalue weighted by Gasteiger charge is 2.42. The fraction of sp³-hybridized carbons (Fsp3) is 0.258. The quantitative estimate of drug-likeness (QED) is 0.253. The second kappa shape index (κ2) is 11.9. The summed E-state index contributed by atoms with van der Waals surface area (Å²) in [5.41, 5.74) is 0.510. The highest BCUT2D eigenvalue weighted by atomic mass is 16.6. The van der Waals surface area contributed by atoms with Gasteiger partial charge in [0.05, 0.1) is 12.7 Å². The van der Waals surface area contributed by atoms with E-state index in [4.69, 9.17) is 19.3 Å². The first-order chi connectivity index (χ1) is 19.8. The van der Waals surface area contributed by atoms with Crippen LogP contribution in [0.5, 0.6) is 5.75 Å². The second-order valence-electron chi connectivity index (χ2n) is 9.84. The van der Waals surface area contributed by atoms with E-state index in [1.165, 1.54) is 10.8 Å². The zero-order valence-electron chi connectivity index (χ0n) is 22.3. The summed E-state index contributed by atoms with van der Waals surface area (Å²) in [7, 11) is 0. The molecule has 1 fully saturated rings. The Morgan fingerprint density at radius 2 is 1.56 bits per heavy atom. The van der Waals surface area contributed by atoms with E-state index in [2.05, 4.69) is 4.98 Å². The van der Waals surface area contributed by atoms with Gasteiger partial charge in [-0.1, -0.05) is 72.8 Å². The van der Waals surface area contributed by atoms with Crippen molar-refractivity contribution in [1.29, 1.82) is 0 Å². The average Bonchev–Trinajstić information content (AvgIpc) is 3.35. The van der Waals surface area contributed by atoms with Gasteiger partial charge in [-0.05, 0) is 35.7 Å². The van der Waals surface area contributed by atoms with E-state index < -0.39 is 47.9 Å². The number of aromatic amines is 1. The van der Waals surface area contributed by atoms with Gasteiger partial charge in [0.25, 0.3) is 5.56 Å². The number of aromatic nitrogens is 2. The Labute approximate surface area is 235 Å². The Morgan fingerprint density at radius 1 is 0.976 bits per heavy atom. The molecule has 3 atom stereocenters. The summed E-state index contributed by atoms with van der Waals surface area (Å²) >= 11 is 0. The Hall–Kier alpha value is -4.51. The minimum absolute atomic E-state index is 0.0319. The van der Waals surface area contributed by atoms with E-state index in [-0.39, 0.29) is 13.0 Å². The van der Waals surface area contributed by atoms with Crippen LogP contribution in [0.1, 0.15) is 34.9 Å². The summed E-state index contributed by atoms with van der Waals surface area (Å²) in [6.45, 7) is 1.09. The van der Waals surface area contributed by atoms with Crippen molar-refractivity contribution in [3.8, 4) is 5.75 Å². The molecule has 41 heavy (non-hydrogen) atoms. The van der Waals surface area contributed by atoms with Crippen LogP contribution >= 0.6 is 0 Å². The zero-order chi connectivity index (χ0) is 29.0. The Bertz CT molecular complexity index is 1560. The molecule has 0 spiro atoms. The molecule has 10 heteroatoms. The molecule has 3 N–H and O–H groups in total. The summed E-state index contributed by atoms with van der Waals surface area (Å²) in [4.78, 5) is 37.5. The molecule has 1 saturated heterocycles. The molecule has 1 aliphatic rings. The number of rotatable bonds is 10. The molecule has 0 aliphatic carbocycles. The third kappa shape index (κ3) is 5.85. The summed E-state index contributed by atoms with van der Waals surface area (Å²) in [5.74, 6) is -0.682. The van der Waals surface area contributed by atoms with Crippen molar-refractivity contribution in [3.63, 3.8) is 0 Å². The molecular weight excluding hydrogens is 528 g/mol. The summed E-state index contributed by atoms with van der Waals surface area (Å²) in [6, 6.07) is 26.2. The van der Waals surface area contributed by atoms with E-state index in [0.29, 0.717) is 11.3 Å². The predicted molar refractivity (Wildman–Crippen MR) is 149 cm³/mol. The van der Waals surface area contributed by atoms with Gasteiger partial charge in [0.1, 0.15) is 23.7 Å². The molecule has 0 saturated carbocycles. The largest absolute Gasteiger partial charge is 0.482 e. The number of carboxylic acid groups (broad SMARTS) is 1. The predicted octanol–water partition coefficient (Wildman–Crippen LogP) is 2.97. The molecule has 4 aromatic rings. The number of nitrogens with zero attached hydrogens (tertiary/aromatic N) is 1. The van der Waals surface area contributed by atoms with Crippen LogP contribution in [0, 0.1) is 6.92 Å². The van der Waals surface area contributed by atoms with Crippen LogP contribution in [0.25, 0.3) is 0 Å². The Balaban J connectivity index is 1.50. The zero-order valence-corrected chi connectivity index (χ0v) is 22.3. The number of ether oxygens (including phenoxy) is 3. The maximum Gasteiger partial charge on any atom is 0.341 e. The van der Waals surface area contributed by atoms with Gasteiger partial charge in [-0.3, -0.25) is 14.3 Å². The summed E-state index contributed by atoms with van der Waals surface area (Å²) in [6.07, 6.45) is -0.929. The summed E-state index contributed by atoms with van der Waals surface area (Å²) in [5, 5.41) is 19.9. The van der Waals surface area contributed by atoms with E-state index in [0.717, 1.165) is 16.7 Å². The van der Waals surface area contributed by atoms with E-state index in [9.17, 15) is 19.5 Å². The highest BCUT2D eigenvalue weighted by Crippen LogP contribution is 2.42. The van der Waals surface area contributed by atoms with Crippen LogP contribution in [0.2, 0.25) is 0 Å². The number of aryl methyl sites for hydroxylation is 1. The van der Waals surface area contributed by atoms with Crippen LogP contribution < -0.4 is 16.0 Å². The van der Waals surface area contributed by atoms with Gasteiger partial charge in [0, 0.05) is 18.2 Å². The first-order valence-corrected chi connectivity index (χ1v) is 13.1. The van der Waals surface area contributed by atoms with E-state index >= 15 is 0 Å². The number of carbonyl (C=O) groups is 1.